The Morgan fingerprint density at radius 3 is 0.966 bits per heavy atom. The minimum absolute atomic E-state index is 0.270. The lowest BCUT2D eigenvalue weighted by Crippen LogP contribution is -2.46. The molecule has 0 aliphatic heterocycles. The second kappa shape index (κ2) is 46.6. The molecule has 3 N–H and O–H groups in total. The highest BCUT2D eigenvalue weighted by Gasteiger charge is 2.24. The number of amides is 1. The van der Waals surface area contributed by atoms with Gasteiger partial charge in [-0.25, -0.2) is 0 Å². The summed E-state index contributed by atoms with van der Waals surface area (Å²) in [6, 6.07) is -1.05. The lowest BCUT2D eigenvalue weighted by atomic mass is 10.0. The van der Waals surface area contributed by atoms with E-state index in [0.717, 1.165) is 38.5 Å². The van der Waals surface area contributed by atoms with Crippen molar-refractivity contribution in [3.05, 3.63) is 12.2 Å². The average molecular weight is 854 g/mol. The molecule has 0 saturated heterocycles. The Balaban J connectivity index is 3.74. The molecule has 59 heavy (non-hydrogen) atoms. The molecule has 1 amide bonds. The SMILES string of the molecule is CCCCCCCCCCCCCCCCCCCCC/C=C/C(O)C(CS(=O)(=O)O)NC(=O)CCCCCCCCCCCCCCCCCCCCCCCCC. The van der Waals surface area contributed by atoms with Crippen molar-refractivity contribution >= 4 is 16.0 Å². The van der Waals surface area contributed by atoms with Crippen LogP contribution in [-0.2, 0) is 14.9 Å². The molecule has 0 spiro atoms. The van der Waals surface area contributed by atoms with E-state index in [0.29, 0.717) is 6.42 Å². The number of hydrogen-bond donors (Lipinski definition) is 3. The second-order valence-corrected chi connectivity index (χ2v) is 20.0. The molecular formula is C52H103NO5S. The molecule has 0 aliphatic rings. The number of unbranched alkanes of at least 4 members (excludes halogenated alkanes) is 41. The topological polar surface area (TPSA) is 104 Å². The van der Waals surface area contributed by atoms with Gasteiger partial charge in [0.15, 0.2) is 0 Å². The third-order valence-corrected chi connectivity index (χ3v) is 13.2. The fraction of sp³-hybridized carbons (Fsp3) is 0.942. The molecule has 0 rings (SSSR count). The van der Waals surface area contributed by atoms with Gasteiger partial charge in [-0.15, -0.1) is 0 Å². The standard InChI is InChI=1S/C52H103NO5S/c1-3-5-7-9-11-13-15-17-19-21-23-25-26-28-30-32-34-36-38-40-42-44-46-48-52(55)53-50(49-59(56,57)58)51(54)47-45-43-41-39-37-35-33-31-29-27-24-22-20-18-16-14-12-10-8-6-4-2/h45,47,50-51,54H,3-44,46,48-49H2,1-2H3,(H,53,55)(H,56,57,58)/b47-45+. The maximum Gasteiger partial charge on any atom is 0.267 e. The van der Waals surface area contributed by atoms with Gasteiger partial charge in [0.25, 0.3) is 10.1 Å². The maximum atomic E-state index is 12.6. The Morgan fingerprint density at radius 2 is 0.695 bits per heavy atom. The minimum Gasteiger partial charge on any atom is -0.387 e. The van der Waals surface area contributed by atoms with Crippen LogP contribution < -0.4 is 5.32 Å². The van der Waals surface area contributed by atoms with Crippen LogP contribution in [0.25, 0.3) is 0 Å². The maximum absolute atomic E-state index is 12.6. The van der Waals surface area contributed by atoms with Gasteiger partial charge in [-0.3, -0.25) is 9.35 Å². The minimum atomic E-state index is -4.34. The predicted octanol–water partition coefficient (Wildman–Crippen LogP) is 16.5. The Bertz CT molecular complexity index is 986. The van der Waals surface area contributed by atoms with E-state index >= 15 is 0 Å². The smallest absolute Gasteiger partial charge is 0.267 e. The van der Waals surface area contributed by atoms with Crippen molar-refractivity contribution in [3.8, 4) is 0 Å². The van der Waals surface area contributed by atoms with Gasteiger partial charge in [-0.05, 0) is 19.3 Å². The number of allylic oxidation sites excluding steroid dienone is 1. The van der Waals surface area contributed by atoms with Crippen molar-refractivity contribution in [2.24, 2.45) is 0 Å². The number of carbonyl (C=O) groups excluding carboxylic acids is 1. The number of carbonyl (C=O) groups is 1. The van der Waals surface area contributed by atoms with E-state index < -0.39 is 28.0 Å². The predicted molar refractivity (Wildman–Crippen MR) is 258 cm³/mol. The first kappa shape index (κ1) is 58.1. The number of hydrogen-bond acceptors (Lipinski definition) is 4. The third kappa shape index (κ3) is 48.0. The van der Waals surface area contributed by atoms with Crippen LogP contribution >= 0.6 is 0 Å². The van der Waals surface area contributed by atoms with Gasteiger partial charge in [0.2, 0.25) is 5.91 Å². The van der Waals surface area contributed by atoms with Crippen LogP contribution in [0.4, 0.5) is 0 Å². The van der Waals surface area contributed by atoms with E-state index in [4.69, 9.17) is 0 Å². The molecule has 2 unspecified atom stereocenters. The van der Waals surface area contributed by atoms with Gasteiger partial charge >= 0.3 is 0 Å². The quantitative estimate of drug-likeness (QED) is 0.0321. The van der Waals surface area contributed by atoms with Crippen LogP contribution in [0.3, 0.4) is 0 Å². The molecule has 0 bridgehead atoms. The van der Waals surface area contributed by atoms with Crippen molar-refractivity contribution in [2.45, 2.75) is 309 Å². The summed E-state index contributed by atoms with van der Waals surface area (Å²) in [4.78, 5) is 12.6. The van der Waals surface area contributed by atoms with Crippen molar-refractivity contribution in [1.29, 1.82) is 0 Å². The molecule has 7 heteroatoms. The van der Waals surface area contributed by atoms with Crippen molar-refractivity contribution in [1.82, 2.24) is 5.32 Å². The number of aliphatic hydroxyl groups excluding tert-OH is 1. The van der Waals surface area contributed by atoms with E-state index in [2.05, 4.69) is 19.2 Å². The van der Waals surface area contributed by atoms with Crippen molar-refractivity contribution in [3.63, 3.8) is 0 Å². The molecular weight excluding hydrogens is 751 g/mol. The lowest BCUT2D eigenvalue weighted by molar-refractivity contribution is -0.122. The highest BCUT2D eigenvalue weighted by Crippen LogP contribution is 2.18. The molecule has 0 radical (unpaired) electrons. The van der Waals surface area contributed by atoms with E-state index in [1.807, 2.05) is 6.08 Å². The largest absolute Gasteiger partial charge is 0.387 e. The van der Waals surface area contributed by atoms with E-state index in [1.165, 1.54) is 238 Å². The van der Waals surface area contributed by atoms with Crippen LogP contribution in [0.2, 0.25) is 0 Å². The fourth-order valence-corrected chi connectivity index (χ4v) is 9.25. The molecule has 0 aliphatic carbocycles. The van der Waals surface area contributed by atoms with Crippen LogP contribution in [0.1, 0.15) is 296 Å². The number of rotatable bonds is 49. The summed E-state index contributed by atoms with van der Waals surface area (Å²) >= 11 is 0. The molecule has 0 heterocycles. The summed E-state index contributed by atoms with van der Waals surface area (Å²) in [5.74, 6) is -0.962. The number of nitrogens with one attached hydrogen (secondary N) is 1. The second-order valence-electron chi connectivity index (χ2n) is 18.5. The molecule has 0 aromatic rings. The zero-order valence-electron chi connectivity index (χ0n) is 39.7. The zero-order chi connectivity index (χ0) is 43.2. The van der Waals surface area contributed by atoms with E-state index in [9.17, 15) is 22.9 Å². The van der Waals surface area contributed by atoms with Crippen LogP contribution in [0.15, 0.2) is 12.2 Å². The summed E-state index contributed by atoms with van der Waals surface area (Å²) in [7, 11) is -4.34. The molecule has 0 fully saturated rings. The van der Waals surface area contributed by atoms with Gasteiger partial charge < -0.3 is 10.4 Å². The van der Waals surface area contributed by atoms with Gasteiger partial charge in [0.1, 0.15) is 0 Å². The summed E-state index contributed by atoms with van der Waals surface area (Å²) in [5.41, 5.74) is 0. The summed E-state index contributed by atoms with van der Waals surface area (Å²) in [6.45, 7) is 4.57. The molecule has 0 aromatic carbocycles. The van der Waals surface area contributed by atoms with Gasteiger partial charge in [-0.2, -0.15) is 8.42 Å². The highest BCUT2D eigenvalue weighted by molar-refractivity contribution is 7.85. The Kier molecular flexibility index (Phi) is 45.9. The summed E-state index contributed by atoms with van der Waals surface area (Å²) < 4.78 is 32.7. The first-order valence-electron chi connectivity index (χ1n) is 26.4. The van der Waals surface area contributed by atoms with Crippen LogP contribution in [0.5, 0.6) is 0 Å². The molecule has 352 valence electrons. The van der Waals surface area contributed by atoms with E-state index in [1.54, 1.807) is 6.08 Å². The monoisotopic (exact) mass is 854 g/mol. The fourth-order valence-electron chi connectivity index (χ4n) is 8.51. The summed E-state index contributed by atoms with van der Waals surface area (Å²) in [5, 5.41) is 13.3. The van der Waals surface area contributed by atoms with Crippen LogP contribution in [0, 0.1) is 0 Å². The molecule has 0 aromatic heterocycles. The Morgan fingerprint density at radius 1 is 0.441 bits per heavy atom. The molecule has 6 nitrogen and oxygen atoms in total. The van der Waals surface area contributed by atoms with Gasteiger partial charge in [0.05, 0.1) is 17.9 Å². The highest BCUT2D eigenvalue weighted by atomic mass is 32.2. The average Bonchev–Trinajstić information content (AvgIpc) is 3.20. The van der Waals surface area contributed by atoms with Crippen molar-refractivity contribution in [2.75, 3.05) is 5.75 Å². The summed E-state index contributed by atoms with van der Waals surface area (Å²) in [6.07, 6.45) is 59.4. The third-order valence-electron chi connectivity index (χ3n) is 12.5. The van der Waals surface area contributed by atoms with Crippen LogP contribution in [-0.4, -0.2) is 41.9 Å². The first-order chi connectivity index (χ1) is 28.8. The molecule has 0 saturated carbocycles. The normalized spacial score (nSPS) is 13.1. The molecule has 2 atom stereocenters. The van der Waals surface area contributed by atoms with Gasteiger partial charge in [-0.1, -0.05) is 283 Å². The first-order valence-corrected chi connectivity index (χ1v) is 28.0. The Labute approximate surface area is 369 Å². The van der Waals surface area contributed by atoms with E-state index in [-0.39, 0.29) is 5.91 Å². The van der Waals surface area contributed by atoms with Crippen molar-refractivity contribution < 1.29 is 22.9 Å². The van der Waals surface area contributed by atoms with Gasteiger partial charge in [0, 0.05) is 6.42 Å². The number of aliphatic hydroxyl groups is 1. The zero-order valence-corrected chi connectivity index (χ0v) is 40.5. The Hall–Kier alpha value is -0.920. The lowest BCUT2D eigenvalue weighted by Gasteiger charge is -2.21.